The van der Waals surface area contributed by atoms with E-state index in [0.717, 1.165) is 38.5 Å². The third kappa shape index (κ3) is 42.9. The van der Waals surface area contributed by atoms with Gasteiger partial charge in [-0.3, -0.25) is 13.8 Å². The number of aliphatic hydroxyl groups is 1. The van der Waals surface area contributed by atoms with Crippen LogP contribution < -0.4 is 5.32 Å². The molecule has 0 spiro atoms. The van der Waals surface area contributed by atoms with Gasteiger partial charge in [-0.05, 0) is 32.1 Å². The zero-order valence-electron chi connectivity index (χ0n) is 38.3. The van der Waals surface area contributed by atoms with Gasteiger partial charge in [-0.1, -0.05) is 212 Å². The van der Waals surface area contributed by atoms with Crippen LogP contribution in [0.25, 0.3) is 0 Å². The Labute approximate surface area is 354 Å². The van der Waals surface area contributed by atoms with Gasteiger partial charge in [0.2, 0.25) is 5.91 Å². The maximum Gasteiger partial charge on any atom is 0.472 e. The number of likely N-dealkylation sites (N-methyl/N-ethyl adjacent to an activating group) is 1. The molecule has 8 nitrogen and oxygen atoms in total. The molecule has 0 radical (unpaired) electrons. The highest BCUT2D eigenvalue weighted by Gasteiger charge is 2.27. The van der Waals surface area contributed by atoms with Crippen molar-refractivity contribution in [3.8, 4) is 0 Å². The summed E-state index contributed by atoms with van der Waals surface area (Å²) in [5.74, 6) is -0.187. The lowest BCUT2D eigenvalue weighted by atomic mass is 10.0. The predicted molar refractivity (Wildman–Crippen MR) is 245 cm³/mol. The highest BCUT2D eigenvalue weighted by atomic mass is 31.2. The number of carbonyl (C=O) groups excluding carboxylic acids is 1. The van der Waals surface area contributed by atoms with Crippen LogP contribution in [-0.2, 0) is 18.4 Å². The topological polar surface area (TPSA) is 105 Å². The van der Waals surface area contributed by atoms with E-state index in [2.05, 4.69) is 31.3 Å². The van der Waals surface area contributed by atoms with Crippen LogP contribution in [0.15, 0.2) is 24.3 Å². The van der Waals surface area contributed by atoms with E-state index >= 15 is 0 Å². The average Bonchev–Trinajstić information content (AvgIpc) is 3.16. The summed E-state index contributed by atoms with van der Waals surface area (Å²) in [6.45, 7) is 4.80. The number of phosphoric ester groups is 1. The molecule has 0 saturated carbocycles. The van der Waals surface area contributed by atoms with E-state index in [1.807, 2.05) is 27.2 Å². The summed E-state index contributed by atoms with van der Waals surface area (Å²) in [4.78, 5) is 23.1. The molecule has 0 aromatic heterocycles. The van der Waals surface area contributed by atoms with Crippen LogP contribution in [-0.4, -0.2) is 73.4 Å². The van der Waals surface area contributed by atoms with Gasteiger partial charge in [0.15, 0.2) is 0 Å². The van der Waals surface area contributed by atoms with Crippen LogP contribution in [0, 0.1) is 0 Å². The Morgan fingerprint density at radius 3 is 1.40 bits per heavy atom. The second-order valence-electron chi connectivity index (χ2n) is 17.8. The third-order valence-corrected chi connectivity index (χ3v) is 11.9. The van der Waals surface area contributed by atoms with Gasteiger partial charge in [-0.2, -0.15) is 0 Å². The van der Waals surface area contributed by atoms with Crippen molar-refractivity contribution in [1.29, 1.82) is 0 Å². The molecule has 0 aliphatic carbocycles. The first kappa shape index (κ1) is 56.0. The predicted octanol–water partition coefficient (Wildman–Crippen LogP) is 13.7. The van der Waals surface area contributed by atoms with Crippen LogP contribution in [0.4, 0.5) is 0 Å². The van der Waals surface area contributed by atoms with Crippen LogP contribution in [0.2, 0.25) is 0 Å². The van der Waals surface area contributed by atoms with Crippen molar-refractivity contribution in [2.24, 2.45) is 0 Å². The number of aliphatic hydroxyl groups excluding tert-OH is 1. The Morgan fingerprint density at radius 1 is 0.579 bits per heavy atom. The molecule has 3 atom stereocenters. The molecule has 0 aromatic carbocycles. The number of allylic oxidation sites excluding steroid dienone is 3. The molecule has 0 aliphatic heterocycles. The van der Waals surface area contributed by atoms with E-state index < -0.39 is 20.0 Å². The van der Waals surface area contributed by atoms with E-state index in [9.17, 15) is 19.4 Å². The molecule has 0 rings (SSSR count). The highest BCUT2D eigenvalue weighted by Crippen LogP contribution is 2.43. The summed E-state index contributed by atoms with van der Waals surface area (Å²) < 4.78 is 23.5. The summed E-state index contributed by atoms with van der Waals surface area (Å²) >= 11 is 0. The molecule has 3 N–H and O–H groups in total. The molecule has 9 heteroatoms. The number of quaternary nitrogens is 1. The third-order valence-electron chi connectivity index (χ3n) is 10.9. The van der Waals surface area contributed by atoms with Crippen LogP contribution in [0.3, 0.4) is 0 Å². The molecule has 0 aliphatic rings. The Hall–Kier alpha value is -1.02. The molecule has 1 amide bonds. The maximum atomic E-state index is 12.8. The number of hydrogen-bond donors (Lipinski definition) is 3. The number of carbonyl (C=O) groups is 1. The summed E-state index contributed by atoms with van der Waals surface area (Å²) in [6, 6.07) is -0.857. The van der Waals surface area contributed by atoms with Gasteiger partial charge in [0.25, 0.3) is 0 Å². The second kappa shape index (κ2) is 40.4. The summed E-state index contributed by atoms with van der Waals surface area (Å²) in [6.07, 6.45) is 48.4. The fourth-order valence-corrected chi connectivity index (χ4v) is 7.79. The number of nitrogens with zero attached hydrogens (tertiary/aromatic N) is 1. The Kier molecular flexibility index (Phi) is 39.7. The fraction of sp³-hybridized carbons (Fsp3) is 0.896. The number of amides is 1. The standard InChI is InChI=1S/C48H95N2O6P/c1-6-8-10-12-14-16-18-19-20-21-22-23-24-25-26-27-28-29-30-32-33-35-37-39-41-47(51)46(45-56-57(53,54)55-44-43-50(3,4)5)49-48(52)42-40-38-36-34-31-17-15-13-11-9-7-2/h32-33,39,41,46-47,51H,6-31,34-38,40,42-45H2,1-5H3,(H-,49,52,53,54)/p+1/b33-32+,41-39+. The van der Waals surface area contributed by atoms with Crippen molar-refractivity contribution in [1.82, 2.24) is 5.32 Å². The van der Waals surface area contributed by atoms with Crippen molar-refractivity contribution >= 4 is 13.7 Å². The minimum atomic E-state index is -4.34. The monoisotopic (exact) mass is 828 g/mol. The van der Waals surface area contributed by atoms with E-state index in [1.54, 1.807) is 6.08 Å². The van der Waals surface area contributed by atoms with E-state index in [-0.39, 0.29) is 19.1 Å². The number of rotatable bonds is 44. The molecule has 0 fully saturated rings. The smallest absolute Gasteiger partial charge is 0.387 e. The van der Waals surface area contributed by atoms with Crippen LogP contribution >= 0.6 is 7.82 Å². The van der Waals surface area contributed by atoms with Gasteiger partial charge in [0.1, 0.15) is 13.2 Å². The molecule has 0 saturated heterocycles. The Morgan fingerprint density at radius 2 is 0.965 bits per heavy atom. The zero-order chi connectivity index (χ0) is 42.1. The lowest BCUT2D eigenvalue weighted by Crippen LogP contribution is -2.45. The quantitative estimate of drug-likeness (QED) is 0.0244. The van der Waals surface area contributed by atoms with E-state index in [0.29, 0.717) is 17.4 Å². The van der Waals surface area contributed by atoms with Gasteiger partial charge in [0.05, 0.1) is 39.9 Å². The molecule has 0 aromatic rings. The first-order valence-electron chi connectivity index (χ1n) is 24.2. The lowest BCUT2D eigenvalue weighted by molar-refractivity contribution is -0.870. The van der Waals surface area contributed by atoms with Gasteiger partial charge in [0, 0.05) is 6.42 Å². The average molecular weight is 828 g/mol. The SMILES string of the molecule is CCCCCCCCCCCCCCCCCCCC/C=C/CC/C=C/C(O)C(COP(=O)(O)OCC[N+](C)(C)C)NC(=O)CCCCCCCCCCCCC. The molecule has 338 valence electrons. The van der Waals surface area contributed by atoms with Gasteiger partial charge in [-0.15, -0.1) is 0 Å². The number of hydrogen-bond acceptors (Lipinski definition) is 5. The summed E-state index contributed by atoms with van der Waals surface area (Å²) in [5.41, 5.74) is 0. The molecule has 0 bridgehead atoms. The van der Waals surface area contributed by atoms with Gasteiger partial charge < -0.3 is 19.8 Å². The van der Waals surface area contributed by atoms with E-state index in [4.69, 9.17) is 9.05 Å². The van der Waals surface area contributed by atoms with Crippen molar-refractivity contribution < 1.29 is 32.9 Å². The zero-order valence-corrected chi connectivity index (χ0v) is 39.2. The molecule has 3 unspecified atom stereocenters. The van der Waals surface area contributed by atoms with Crippen molar-refractivity contribution in [3.63, 3.8) is 0 Å². The van der Waals surface area contributed by atoms with Gasteiger partial charge >= 0.3 is 7.82 Å². The summed E-state index contributed by atoms with van der Waals surface area (Å²) in [7, 11) is 1.56. The first-order valence-corrected chi connectivity index (χ1v) is 25.7. The van der Waals surface area contributed by atoms with Gasteiger partial charge in [-0.25, -0.2) is 4.57 Å². The molecule has 57 heavy (non-hydrogen) atoms. The molecular weight excluding hydrogens is 732 g/mol. The Bertz CT molecular complexity index is 984. The number of phosphoric acid groups is 1. The fourth-order valence-electron chi connectivity index (χ4n) is 7.06. The van der Waals surface area contributed by atoms with Crippen molar-refractivity contribution in [2.45, 2.75) is 238 Å². The highest BCUT2D eigenvalue weighted by molar-refractivity contribution is 7.47. The van der Waals surface area contributed by atoms with Crippen molar-refractivity contribution in [3.05, 3.63) is 24.3 Å². The lowest BCUT2D eigenvalue weighted by Gasteiger charge is -2.25. The van der Waals surface area contributed by atoms with Crippen molar-refractivity contribution in [2.75, 3.05) is 40.9 Å². The van der Waals surface area contributed by atoms with E-state index in [1.165, 1.54) is 167 Å². The maximum absolute atomic E-state index is 12.8. The minimum Gasteiger partial charge on any atom is -0.387 e. The largest absolute Gasteiger partial charge is 0.472 e. The normalized spacial score (nSPS) is 14.4. The number of unbranched alkanes of at least 4 members (excludes halogenated alkanes) is 29. The number of nitrogens with one attached hydrogen (secondary N) is 1. The minimum absolute atomic E-state index is 0.0582. The Balaban J connectivity index is 4.29. The van der Waals surface area contributed by atoms with Crippen LogP contribution in [0.5, 0.6) is 0 Å². The molecule has 0 heterocycles. The first-order chi connectivity index (χ1) is 27.5. The van der Waals surface area contributed by atoms with Crippen LogP contribution in [0.1, 0.15) is 226 Å². The second-order valence-corrected chi connectivity index (χ2v) is 19.3. The molecular formula is C48H96N2O6P+. The summed E-state index contributed by atoms with van der Waals surface area (Å²) in [5, 5.41) is 13.8.